The van der Waals surface area contributed by atoms with E-state index in [9.17, 15) is 27.6 Å². The number of carboxylic acid groups (broad SMARTS) is 1. The van der Waals surface area contributed by atoms with E-state index in [4.69, 9.17) is 9.52 Å². The average molecular weight is 447 g/mol. The second-order valence-electron chi connectivity index (χ2n) is 6.51. The predicted molar refractivity (Wildman–Crippen MR) is 107 cm³/mol. The van der Waals surface area contributed by atoms with Crippen LogP contribution in [0, 0.1) is 0 Å². The van der Waals surface area contributed by atoms with Gasteiger partial charge >= 0.3 is 11.7 Å². The minimum absolute atomic E-state index is 0.0635. The van der Waals surface area contributed by atoms with Gasteiger partial charge in [0.25, 0.3) is 5.91 Å². The number of aromatic amines is 1. The van der Waals surface area contributed by atoms with Gasteiger partial charge in [-0.3, -0.25) is 14.6 Å². The predicted octanol–water partition coefficient (Wildman–Crippen LogP) is 0.372. The van der Waals surface area contributed by atoms with Crippen LogP contribution in [0.3, 0.4) is 0 Å². The number of fused-ring (bicyclic) bond motifs is 1. The SMILES string of the molecule is O=C[C@H](CC(=O)O)NC(=O)c1ccc(CNS(=O)(=O)c2ccc3oc(=O)[nH]c3c2)cc1. The average Bonchev–Trinajstić information content (AvgIpc) is 3.11. The molecule has 11 nitrogen and oxygen atoms in total. The van der Waals surface area contributed by atoms with E-state index in [1.807, 2.05) is 0 Å². The number of sulfonamides is 1. The molecule has 2 aromatic carbocycles. The Bertz CT molecular complexity index is 1290. The summed E-state index contributed by atoms with van der Waals surface area (Å²) in [5.41, 5.74) is 1.21. The molecule has 0 fully saturated rings. The van der Waals surface area contributed by atoms with Gasteiger partial charge in [-0.1, -0.05) is 12.1 Å². The minimum atomic E-state index is -3.89. The van der Waals surface area contributed by atoms with E-state index in [1.54, 1.807) is 0 Å². The lowest BCUT2D eigenvalue weighted by molar-refractivity contribution is -0.138. The summed E-state index contributed by atoms with van der Waals surface area (Å²) in [6.45, 7) is -0.0693. The topological polar surface area (TPSA) is 176 Å². The molecule has 1 amide bonds. The summed E-state index contributed by atoms with van der Waals surface area (Å²) in [6.07, 6.45) is -0.195. The standard InChI is InChI=1S/C19H17N3O8S/c23-10-13(7-17(24)25)21-18(26)12-3-1-11(2-4-12)9-20-31(28,29)14-5-6-16-15(8-14)22-19(27)30-16/h1-6,8,10,13,20H,7,9H2,(H,21,26)(H,22,27)(H,24,25)/t13-/m0/s1. The highest BCUT2D eigenvalue weighted by atomic mass is 32.2. The molecule has 3 rings (SSSR count). The first-order chi connectivity index (χ1) is 14.7. The monoisotopic (exact) mass is 447 g/mol. The van der Waals surface area contributed by atoms with Crippen molar-refractivity contribution in [2.24, 2.45) is 0 Å². The molecule has 1 atom stereocenters. The van der Waals surface area contributed by atoms with Gasteiger partial charge in [-0.2, -0.15) is 0 Å². The quantitative estimate of drug-likeness (QED) is 0.340. The molecule has 1 heterocycles. The minimum Gasteiger partial charge on any atom is -0.481 e. The van der Waals surface area contributed by atoms with Crippen LogP contribution in [-0.4, -0.2) is 42.7 Å². The number of oxazole rings is 1. The molecule has 31 heavy (non-hydrogen) atoms. The second kappa shape index (κ2) is 8.93. The first-order valence-electron chi connectivity index (χ1n) is 8.87. The van der Waals surface area contributed by atoms with Gasteiger partial charge in [0.2, 0.25) is 10.0 Å². The maximum Gasteiger partial charge on any atom is 0.417 e. The van der Waals surface area contributed by atoms with Crippen molar-refractivity contribution >= 4 is 39.3 Å². The number of benzene rings is 2. The van der Waals surface area contributed by atoms with Crippen LogP contribution in [0.25, 0.3) is 11.1 Å². The first-order valence-corrected chi connectivity index (χ1v) is 10.4. The van der Waals surface area contributed by atoms with E-state index >= 15 is 0 Å². The van der Waals surface area contributed by atoms with Gasteiger partial charge in [0.1, 0.15) is 6.29 Å². The van der Waals surface area contributed by atoms with Crippen LogP contribution < -0.4 is 15.8 Å². The number of aliphatic carboxylic acids is 1. The molecule has 4 N–H and O–H groups in total. The highest BCUT2D eigenvalue weighted by Crippen LogP contribution is 2.17. The van der Waals surface area contributed by atoms with Crippen LogP contribution in [0.2, 0.25) is 0 Å². The van der Waals surface area contributed by atoms with Crippen molar-refractivity contribution in [2.75, 3.05) is 0 Å². The lowest BCUT2D eigenvalue weighted by atomic mass is 10.1. The summed E-state index contributed by atoms with van der Waals surface area (Å²) in [5, 5.41) is 11.0. The van der Waals surface area contributed by atoms with Crippen molar-refractivity contribution < 1.29 is 32.3 Å². The third-order valence-electron chi connectivity index (χ3n) is 4.26. The number of carbonyl (C=O) groups is 3. The Kier molecular flexibility index (Phi) is 6.32. The molecule has 0 radical (unpaired) electrons. The summed E-state index contributed by atoms with van der Waals surface area (Å²) in [4.78, 5) is 47.2. The van der Waals surface area contributed by atoms with E-state index in [-0.39, 0.29) is 28.1 Å². The fourth-order valence-corrected chi connectivity index (χ4v) is 3.75. The van der Waals surface area contributed by atoms with Gasteiger partial charge in [0.05, 0.1) is 22.9 Å². The fourth-order valence-electron chi connectivity index (χ4n) is 2.71. The number of aromatic nitrogens is 1. The van der Waals surface area contributed by atoms with E-state index in [0.717, 1.165) is 0 Å². The van der Waals surface area contributed by atoms with Crippen molar-refractivity contribution in [2.45, 2.75) is 23.9 Å². The highest BCUT2D eigenvalue weighted by Gasteiger charge is 2.17. The zero-order valence-electron chi connectivity index (χ0n) is 15.8. The number of amides is 1. The van der Waals surface area contributed by atoms with Crippen LogP contribution >= 0.6 is 0 Å². The lowest BCUT2D eigenvalue weighted by Crippen LogP contribution is -2.37. The largest absolute Gasteiger partial charge is 0.481 e. The number of H-pyrrole nitrogens is 1. The molecule has 1 aromatic heterocycles. The van der Waals surface area contributed by atoms with Crippen molar-refractivity contribution in [1.29, 1.82) is 0 Å². The third-order valence-corrected chi connectivity index (χ3v) is 5.66. The molecule has 0 aliphatic carbocycles. The Labute approximate surface area is 175 Å². The van der Waals surface area contributed by atoms with E-state index in [1.165, 1.54) is 42.5 Å². The van der Waals surface area contributed by atoms with Gasteiger partial charge in [-0.05, 0) is 35.9 Å². The molecule has 0 saturated heterocycles. The molecule has 0 saturated carbocycles. The van der Waals surface area contributed by atoms with Gasteiger partial charge in [0.15, 0.2) is 5.58 Å². The molecule has 3 aromatic rings. The first kappa shape index (κ1) is 21.9. The number of carboxylic acids is 1. The number of carbonyl (C=O) groups excluding carboxylic acids is 2. The highest BCUT2D eigenvalue weighted by molar-refractivity contribution is 7.89. The number of nitrogens with one attached hydrogen (secondary N) is 3. The van der Waals surface area contributed by atoms with E-state index in [2.05, 4.69) is 15.0 Å². The van der Waals surface area contributed by atoms with Crippen LogP contribution in [0.15, 0.2) is 56.6 Å². The zero-order valence-corrected chi connectivity index (χ0v) is 16.6. The Morgan fingerprint density at radius 2 is 1.87 bits per heavy atom. The molecule has 0 aliphatic rings. The Hall–Kier alpha value is -3.77. The maximum absolute atomic E-state index is 12.5. The molecule has 0 unspecified atom stereocenters. The van der Waals surface area contributed by atoms with Crippen LogP contribution in [0.5, 0.6) is 0 Å². The number of hydrogen-bond donors (Lipinski definition) is 4. The molecule has 162 valence electrons. The van der Waals surface area contributed by atoms with E-state index < -0.39 is 40.1 Å². The molecule has 0 spiro atoms. The van der Waals surface area contributed by atoms with Gasteiger partial charge in [-0.15, -0.1) is 0 Å². The summed E-state index contributed by atoms with van der Waals surface area (Å²) in [5.74, 6) is -2.55. The fraction of sp³-hybridized carbons (Fsp3) is 0.158. The number of aldehydes is 1. The summed E-state index contributed by atoms with van der Waals surface area (Å²) in [6, 6.07) is 8.66. The van der Waals surface area contributed by atoms with Crippen molar-refractivity contribution in [3.8, 4) is 0 Å². The molecule has 0 bridgehead atoms. The maximum atomic E-state index is 12.5. The van der Waals surface area contributed by atoms with Crippen molar-refractivity contribution in [3.05, 3.63) is 64.1 Å². The number of hydrogen-bond acceptors (Lipinski definition) is 7. The summed E-state index contributed by atoms with van der Waals surface area (Å²) in [7, 11) is -3.89. The Balaban J connectivity index is 1.64. The Morgan fingerprint density at radius 3 is 2.52 bits per heavy atom. The molecule has 0 aliphatic heterocycles. The molecular formula is C19H17N3O8S. The number of rotatable bonds is 9. The van der Waals surface area contributed by atoms with Crippen LogP contribution in [0.1, 0.15) is 22.3 Å². The summed E-state index contributed by atoms with van der Waals surface area (Å²) < 4.78 is 32.2. The summed E-state index contributed by atoms with van der Waals surface area (Å²) >= 11 is 0. The second-order valence-corrected chi connectivity index (χ2v) is 8.27. The van der Waals surface area contributed by atoms with E-state index in [0.29, 0.717) is 11.8 Å². The third kappa shape index (κ3) is 5.43. The van der Waals surface area contributed by atoms with Gasteiger partial charge < -0.3 is 19.6 Å². The Morgan fingerprint density at radius 1 is 1.16 bits per heavy atom. The lowest BCUT2D eigenvalue weighted by Gasteiger charge is -2.11. The van der Waals surface area contributed by atoms with Crippen LogP contribution in [-0.2, 0) is 26.2 Å². The zero-order chi connectivity index (χ0) is 22.6. The van der Waals surface area contributed by atoms with Gasteiger partial charge in [-0.25, -0.2) is 17.9 Å². The smallest absolute Gasteiger partial charge is 0.417 e. The van der Waals surface area contributed by atoms with Crippen LogP contribution in [0.4, 0.5) is 0 Å². The normalized spacial score (nSPS) is 12.4. The molecular weight excluding hydrogens is 430 g/mol. The van der Waals surface area contributed by atoms with Crippen molar-refractivity contribution in [3.63, 3.8) is 0 Å². The van der Waals surface area contributed by atoms with Crippen molar-refractivity contribution in [1.82, 2.24) is 15.0 Å². The van der Waals surface area contributed by atoms with Gasteiger partial charge in [0, 0.05) is 12.1 Å². The molecule has 12 heteroatoms.